The summed E-state index contributed by atoms with van der Waals surface area (Å²) in [4.78, 5) is 28.0. The zero-order chi connectivity index (χ0) is 17.9. The molecule has 3 heterocycles. The summed E-state index contributed by atoms with van der Waals surface area (Å²) in [6.07, 6.45) is 7.05. The SMILES string of the molecule is C=CCN1C(=O)/C(=C/c2ccc3ncccc3c2)S/C1=N\c1nccs1. The number of hydrogen-bond donors (Lipinski definition) is 0. The predicted octanol–water partition coefficient (Wildman–Crippen LogP) is 4.48. The van der Waals surface area contributed by atoms with Crippen LogP contribution >= 0.6 is 23.1 Å². The van der Waals surface area contributed by atoms with Crippen molar-refractivity contribution >= 4 is 56.3 Å². The molecule has 1 fully saturated rings. The molecule has 0 radical (unpaired) electrons. The first-order valence-electron chi connectivity index (χ1n) is 7.90. The van der Waals surface area contributed by atoms with Crippen molar-refractivity contribution in [1.82, 2.24) is 14.9 Å². The van der Waals surface area contributed by atoms with Gasteiger partial charge in [-0.3, -0.25) is 14.7 Å². The van der Waals surface area contributed by atoms with E-state index in [4.69, 9.17) is 0 Å². The lowest BCUT2D eigenvalue weighted by atomic mass is 10.1. The van der Waals surface area contributed by atoms with Crippen LogP contribution < -0.4 is 0 Å². The molecule has 0 aliphatic carbocycles. The second-order valence-electron chi connectivity index (χ2n) is 5.48. The number of pyridine rings is 1. The molecule has 1 aromatic carbocycles. The Hall–Kier alpha value is -2.77. The van der Waals surface area contributed by atoms with Crippen molar-refractivity contribution < 1.29 is 4.79 Å². The molecule has 0 spiro atoms. The van der Waals surface area contributed by atoms with Gasteiger partial charge in [-0.15, -0.1) is 17.9 Å². The lowest BCUT2D eigenvalue weighted by Gasteiger charge is -2.11. The first-order chi connectivity index (χ1) is 12.7. The van der Waals surface area contributed by atoms with Crippen molar-refractivity contribution in [3.8, 4) is 0 Å². The minimum atomic E-state index is -0.0727. The van der Waals surface area contributed by atoms with E-state index in [0.717, 1.165) is 16.5 Å². The number of amides is 1. The number of carbonyl (C=O) groups is 1. The molecule has 0 N–H and O–H groups in total. The van der Waals surface area contributed by atoms with Crippen LogP contribution in [0.4, 0.5) is 5.13 Å². The molecule has 4 rings (SSSR count). The number of thiazole rings is 1. The number of fused-ring (bicyclic) bond motifs is 1. The number of nitrogens with zero attached hydrogens (tertiary/aromatic N) is 4. The molecule has 1 amide bonds. The number of carbonyl (C=O) groups excluding carboxylic acids is 1. The number of amidine groups is 1. The topological polar surface area (TPSA) is 58.5 Å². The molecule has 1 aliphatic heterocycles. The van der Waals surface area contributed by atoms with Gasteiger partial charge in [0.25, 0.3) is 5.91 Å². The number of rotatable bonds is 4. The van der Waals surface area contributed by atoms with E-state index in [1.807, 2.05) is 41.8 Å². The van der Waals surface area contributed by atoms with Gasteiger partial charge >= 0.3 is 0 Å². The van der Waals surface area contributed by atoms with Crippen LogP contribution in [0.1, 0.15) is 5.56 Å². The molecule has 0 saturated carbocycles. The van der Waals surface area contributed by atoms with Crippen molar-refractivity contribution in [2.75, 3.05) is 6.54 Å². The number of aliphatic imine (C=N–C) groups is 1. The van der Waals surface area contributed by atoms with Crippen molar-refractivity contribution in [2.24, 2.45) is 4.99 Å². The fourth-order valence-electron chi connectivity index (χ4n) is 2.57. The van der Waals surface area contributed by atoms with E-state index in [-0.39, 0.29) is 5.91 Å². The first kappa shape index (κ1) is 16.7. The summed E-state index contributed by atoms with van der Waals surface area (Å²) >= 11 is 2.79. The lowest BCUT2D eigenvalue weighted by molar-refractivity contribution is -0.121. The summed E-state index contributed by atoms with van der Waals surface area (Å²) in [6.45, 7) is 4.15. The van der Waals surface area contributed by atoms with Crippen molar-refractivity contribution in [1.29, 1.82) is 0 Å². The number of aromatic nitrogens is 2. The molecule has 0 bridgehead atoms. The third-order valence-electron chi connectivity index (χ3n) is 3.74. The maximum atomic E-state index is 12.8. The fourth-order valence-corrected chi connectivity index (χ4v) is 4.12. The summed E-state index contributed by atoms with van der Waals surface area (Å²) < 4.78 is 0. The summed E-state index contributed by atoms with van der Waals surface area (Å²) in [5.41, 5.74) is 1.88. The highest BCUT2D eigenvalue weighted by Gasteiger charge is 2.32. The van der Waals surface area contributed by atoms with Gasteiger partial charge in [0.15, 0.2) is 5.17 Å². The average molecular weight is 378 g/mol. The van der Waals surface area contributed by atoms with Gasteiger partial charge in [-0.2, -0.15) is 4.99 Å². The van der Waals surface area contributed by atoms with Gasteiger partial charge in [0, 0.05) is 29.7 Å². The van der Waals surface area contributed by atoms with E-state index in [1.54, 1.807) is 23.4 Å². The molecule has 26 heavy (non-hydrogen) atoms. The van der Waals surface area contributed by atoms with Crippen molar-refractivity contribution in [3.63, 3.8) is 0 Å². The summed E-state index contributed by atoms with van der Waals surface area (Å²) in [7, 11) is 0. The van der Waals surface area contributed by atoms with E-state index < -0.39 is 0 Å². The van der Waals surface area contributed by atoms with Gasteiger partial charge in [-0.05, 0) is 41.6 Å². The zero-order valence-electron chi connectivity index (χ0n) is 13.7. The van der Waals surface area contributed by atoms with E-state index in [9.17, 15) is 4.79 Å². The van der Waals surface area contributed by atoms with Crippen LogP contribution in [0.15, 0.2) is 70.7 Å². The number of benzene rings is 1. The third kappa shape index (κ3) is 3.31. The highest BCUT2D eigenvalue weighted by molar-refractivity contribution is 8.18. The molecule has 5 nitrogen and oxygen atoms in total. The summed E-state index contributed by atoms with van der Waals surface area (Å²) in [5, 5.41) is 4.15. The number of hydrogen-bond acceptors (Lipinski definition) is 6. The van der Waals surface area contributed by atoms with Crippen LogP contribution in [0.25, 0.3) is 17.0 Å². The van der Waals surface area contributed by atoms with Gasteiger partial charge < -0.3 is 0 Å². The van der Waals surface area contributed by atoms with Gasteiger partial charge in [-0.1, -0.05) is 18.2 Å². The molecule has 1 aliphatic rings. The van der Waals surface area contributed by atoms with Gasteiger partial charge in [0.2, 0.25) is 5.13 Å². The van der Waals surface area contributed by atoms with Crippen molar-refractivity contribution in [2.45, 2.75) is 0 Å². The van der Waals surface area contributed by atoms with Crippen LogP contribution in [0.3, 0.4) is 0 Å². The quantitative estimate of drug-likeness (QED) is 0.496. The fraction of sp³-hybridized carbons (Fsp3) is 0.0526. The molecular weight excluding hydrogens is 364 g/mol. The molecule has 1 saturated heterocycles. The van der Waals surface area contributed by atoms with Gasteiger partial charge in [0.05, 0.1) is 10.4 Å². The van der Waals surface area contributed by atoms with E-state index >= 15 is 0 Å². The summed E-state index contributed by atoms with van der Waals surface area (Å²) in [5.74, 6) is -0.0727. The van der Waals surface area contributed by atoms with Crippen molar-refractivity contribution in [3.05, 3.63) is 71.2 Å². The van der Waals surface area contributed by atoms with Crippen LogP contribution in [0.5, 0.6) is 0 Å². The Bertz CT molecular complexity index is 1040. The molecule has 7 heteroatoms. The predicted molar refractivity (Wildman–Crippen MR) is 108 cm³/mol. The Kier molecular flexibility index (Phi) is 4.64. The van der Waals surface area contributed by atoms with Crippen LogP contribution in [-0.4, -0.2) is 32.5 Å². The Balaban J connectivity index is 1.70. The second-order valence-corrected chi connectivity index (χ2v) is 7.36. The minimum absolute atomic E-state index is 0.0727. The normalized spacial score (nSPS) is 17.5. The Morgan fingerprint density at radius 3 is 2.96 bits per heavy atom. The highest BCUT2D eigenvalue weighted by Crippen LogP contribution is 2.34. The Labute approximate surface area is 158 Å². The standard InChI is InChI=1S/C19H14N4OS2/c1-2-9-23-17(24)16(26-19(23)22-18-21-8-10-25-18)12-13-5-6-15-14(11-13)4-3-7-20-15/h2-8,10-12H,1,9H2/b16-12-,22-19-. The maximum Gasteiger partial charge on any atom is 0.267 e. The Morgan fingerprint density at radius 1 is 1.23 bits per heavy atom. The van der Waals surface area contributed by atoms with Crippen LogP contribution in [-0.2, 0) is 4.79 Å². The smallest absolute Gasteiger partial charge is 0.267 e. The maximum absolute atomic E-state index is 12.8. The lowest BCUT2D eigenvalue weighted by Crippen LogP contribution is -2.29. The molecule has 3 aromatic rings. The van der Waals surface area contributed by atoms with E-state index in [0.29, 0.717) is 21.7 Å². The third-order valence-corrected chi connectivity index (χ3v) is 5.41. The molecule has 2 aromatic heterocycles. The molecular formula is C19H14N4OS2. The Morgan fingerprint density at radius 2 is 2.15 bits per heavy atom. The molecule has 0 atom stereocenters. The minimum Gasteiger partial charge on any atom is -0.282 e. The highest BCUT2D eigenvalue weighted by atomic mass is 32.2. The first-order valence-corrected chi connectivity index (χ1v) is 9.59. The van der Waals surface area contributed by atoms with Gasteiger partial charge in [0.1, 0.15) is 0 Å². The number of thioether (sulfide) groups is 1. The largest absolute Gasteiger partial charge is 0.282 e. The van der Waals surface area contributed by atoms with Crippen LogP contribution in [0.2, 0.25) is 0 Å². The van der Waals surface area contributed by atoms with E-state index in [1.165, 1.54) is 23.1 Å². The molecule has 0 unspecified atom stereocenters. The average Bonchev–Trinajstić information content (AvgIpc) is 3.26. The summed E-state index contributed by atoms with van der Waals surface area (Å²) in [6, 6.07) is 9.85. The zero-order valence-corrected chi connectivity index (χ0v) is 15.3. The van der Waals surface area contributed by atoms with Crippen LogP contribution in [0, 0.1) is 0 Å². The van der Waals surface area contributed by atoms with Gasteiger partial charge in [-0.25, -0.2) is 4.98 Å². The second kappa shape index (κ2) is 7.23. The monoisotopic (exact) mass is 378 g/mol. The molecule has 128 valence electrons. The van der Waals surface area contributed by atoms with E-state index in [2.05, 4.69) is 21.5 Å².